The maximum Gasteiger partial charge on any atom is 0.441 e. The Bertz CT molecular complexity index is 892. The molecule has 0 heterocycles. The van der Waals surface area contributed by atoms with E-state index in [1.807, 2.05) is 0 Å². The summed E-state index contributed by atoms with van der Waals surface area (Å²) in [4.78, 5) is 25.0. The minimum atomic E-state index is -5.27. The number of benzene rings is 2. The summed E-state index contributed by atoms with van der Waals surface area (Å²) >= 11 is 5.81. The number of halogens is 4. The van der Waals surface area contributed by atoms with Gasteiger partial charge in [0.1, 0.15) is 5.75 Å². The van der Waals surface area contributed by atoms with Crippen molar-refractivity contribution in [2.45, 2.75) is 18.8 Å². The van der Waals surface area contributed by atoms with Crippen molar-refractivity contribution in [3.63, 3.8) is 0 Å². The molecule has 0 aromatic heterocycles. The summed E-state index contributed by atoms with van der Waals surface area (Å²) < 4.78 is 52.2. The molecule has 1 atom stereocenters. The molecule has 0 aliphatic rings. The number of ether oxygens (including phenoxy) is 2. The standard InChI is InChI=1S/C19H18ClF3N2O4/c1-3-29-17(27)18(19(21,22)23,24-14-9-4-5-10-15(14)28-2)25-16(26)12-7-6-8-13(20)11-12/h4-11,24H,3H2,1-2H3,(H,25,26)/t18-/m0/s1. The quantitative estimate of drug-likeness (QED) is 0.512. The van der Waals surface area contributed by atoms with Crippen molar-refractivity contribution < 1.29 is 32.2 Å². The van der Waals surface area contributed by atoms with E-state index in [0.717, 1.165) is 0 Å². The number of carbonyl (C=O) groups is 2. The van der Waals surface area contributed by atoms with Crippen molar-refractivity contribution >= 4 is 29.2 Å². The van der Waals surface area contributed by atoms with Crippen LogP contribution in [0, 0.1) is 0 Å². The van der Waals surface area contributed by atoms with Crippen LogP contribution in [0.2, 0.25) is 5.02 Å². The molecule has 0 spiro atoms. The van der Waals surface area contributed by atoms with Crippen LogP contribution in [0.3, 0.4) is 0 Å². The molecule has 0 saturated carbocycles. The molecule has 2 aromatic carbocycles. The van der Waals surface area contributed by atoms with Crippen LogP contribution in [0.15, 0.2) is 48.5 Å². The van der Waals surface area contributed by atoms with Crippen LogP contribution in [0.5, 0.6) is 5.75 Å². The van der Waals surface area contributed by atoms with Crippen LogP contribution in [-0.2, 0) is 9.53 Å². The van der Waals surface area contributed by atoms with Crippen LogP contribution in [-0.4, -0.2) is 37.4 Å². The Morgan fingerprint density at radius 1 is 1.10 bits per heavy atom. The molecular weight excluding hydrogens is 413 g/mol. The number of anilines is 1. The van der Waals surface area contributed by atoms with E-state index in [9.17, 15) is 22.8 Å². The van der Waals surface area contributed by atoms with Crippen molar-refractivity contribution in [3.8, 4) is 5.75 Å². The molecule has 0 bridgehead atoms. The first-order chi connectivity index (χ1) is 13.6. The van der Waals surface area contributed by atoms with Gasteiger partial charge in [0.25, 0.3) is 5.91 Å². The van der Waals surface area contributed by atoms with Gasteiger partial charge in [0.05, 0.1) is 19.4 Å². The number of amides is 1. The highest BCUT2D eigenvalue weighted by atomic mass is 35.5. The third-order valence-corrected chi connectivity index (χ3v) is 4.06. The third-order valence-electron chi connectivity index (χ3n) is 3.82. The number of carbonyl (C=O) groups excluding carboxylic acids is 2. The highest BCUT2D eigenvalue weighted by molar-refractivity contribution is 6.31. The number of hydrogen-bond acceptors (Lipinski definition) is 5. The van der Waals surface area contributed by atoms with E-state index in [1.165, 1.54) is 62.6 Å². The number of para-hydroxylation sites is 2. The van der Waals surface area contributed by atoms with Gasteiger partial charge < -0.3 is 20.1 Å². The van der Waals surface area contributed by atoms with E-state index in [0.29, 0.717) is 0 Å². The molecule has 29 heavy (non-hydrogen) atoms. The Balaban J connectivity index is 2.56. The number of rotatable bonds is 7. The lowest BCUT2D eigenvalue weighted by Gasteiger charge is -2.35. The van der Waals surface area contributed by atoms with E-state index in [2.05, 4.69) is 10.1 Å². The first-order valence-corrected chi connectivity index (χ1v) is 8.75. The SMILES string of the molecule is CCOC(=O)[C@@](NC(=O)c1cccc(Cl)c1)(Nc1ccccc1OC)C(F)(F)F. The predicted molar refractivity (Wildman–Crippen MR) is 101 cm³/mol. The van der Waals surface area contributed by atoms with E-state index in [1.54, 1.807) is 5.32 Å². The molecule has 6 nitrogen and oxygen atoms in total. The molecule has 0 aliphatic carbocycles. The molecule has 0 unspecified atom stereocenters. The number of nitrogens with one attached hydrogen (secondary N) is 2. The summed E-state index contributed by atoms with van der Waals surface area (Å²) in [5, 5.41) is 3.94. The normalized spacial score (nSPS) is 13.2. The van der Waals surface area contributed by atoms with Gasteiger partial charge in [0.2, 0.25) is 0 Å². The van der Waals surface area contributed by atoms with Crippen molar-refractivity contribution in [1.82, 2.24) is 5.32 Å². The average Bonchev–Trinajstić information content (AvgIpc) is 2.67. The number of esters is 1. The van der Waals surface area contributed by atoms with Gasteiger partial charge >= 0.3 is 17.8 Å². The Labute approximate surface area is 169 Å². The van der Waals surface area contributed by atoms with E-state index in [4.69, 9.17) is 16.3 Å². The maximum atomic E-state index is 14.2. The number of methoxy groups -OCH3 is 1. The summed E-state index contributed by atoms with van der Waals surface area (Å²) in [5.74, 6) is -2.88. The van der Waals surface area contributed by atoms with E-state index >= 15 is 0 Å². The lowest BCUT2D eigenvalue weighted by atomic mass is 10.1. The highest BCUT2D eigenvalue weighted by Crippen LogP contribution is 2.36. The summed E-state index contributed by atoms with van der Waals surface area (Å²) in [7, 11) is 1.25. The minimum Gasteiger partial charge on any atom is -0.495 e. The molecule has 2 N–H and O–H groups in total. The van der Waals surface area contributed by atoms with Crippen LogP contribution in [0.4, 0.5) is 18.9 Å². The Kier molecular flexibility index (Phi) is 6.97. The highest BCUT2D eigenvalue weighted by Gasteiger charge is 2.64. The Morgan fingerprint density at radius 3 is 2.38 bits per heavy atom. The zero-order valence-corrected chi connectivity index (χ0v) is 16.2. The first kappa shape index (κ1) is 22.4. The predicted octanol–water partition coefficient (Wildman–Crippen LogP) is 4.01. The molecule has 1 amide bonds. The fraction of sp³-hybridized carbons (Fsp3) is 0.263. The number of alkyl halides is 3. The smallest absolute Gasteiger partial charge is 0.441 e. The molecule has 156 valence electrons. The fourth-order valence-electron chi connectivity index (χ4n) is 2.45. The molecular formula is C19H18ClF3N2O4. The largest absolute Gasteiger partial charge is 0.495 e. The van der Waals surface area contributed by atoms with Gasteiger partial charge in [-0.2, -0.15) is 13.2 Å². The van der Waals surface area contributed by atoms with Crippen LogP contribution >= 0.6 is 11.6 Å². The van der Waals surface area contributed by atoms with Crippen molar-refractivity contribution in [2.75, 3.05) is 19.0 Å². The topological polar surface area (TPSA) is 76.7 Å². The van der Waals surface area contributed by atoms with Gasteiger partial charge in [-0.3, -0.25) is 4.79 Å². The molecule has 0 aliphatic heterocycles. The lowest BCUT2D eigenvalue weighted by molar-refractivity contribution is -0.204. The maximum absolute atomic E-state index is 14.2. The summed E-state index contributed by atoms with van der Waals surface area (Å²) in [5.41, 5.74) is -3.92. The first-order valence-electron chi connectivity index (χ1n) is 8.38. The van der Waals surface area contributed by atoms with Gasteiger partial charge in [-0.1, -0.05) is 29.8 Å². The monoisotopic (exact) mass is 430 g/mol. The van der Waals surface area contributed by atoms with Crippen molar-refractivity contribution in [2.24, 2.45) is 0 Å². The second-order valence-corrected chi connectivity index (χ2v) is 6.19. The molecule has 2 aromatic rings. The number of hydrogen-bond donors (Lipinski definition) is 2. The van der Waals surface area contributed by atoms with E-state index < -0.39 is 23.7 Å². The van der Waals surface area contributed by atoms with Crippen LogP contribution in [0.1, 0.15) is 17.3 Å². The molecule has 0 radical (unpaired) electrons. The molecule has 0 fully saturated rings. The zero-order valence-electron chi connectivity index (χ0n) is 15.5. The molecule has 10 heteroatoms. The van der Waals surface area contributed by atoms with E-state index in [-0.39, 0.29) is 28.6 Å². The van der Waals surface area contributed by atoms with Crippen molar-refractivity contribution in [1.29, 1.82) is 0 Å². The molecule has 0 saturated heterocycles. The second-order valence-electron chi connectivity index (χ2n) is 5.76. The van der Waals surface area contributed by atoms with Gasteiger partial charge in [0.15, 0.2) is 0 Å². The minimum absolute atomic E-state index is 0.0300. The van der Waals surface area contributed by atoms with Gasteiger partial charge in [-0.05, 0) is 37.3 Å². The summed E-state index contributed by atoms with van der Waals surface area (Å²) in [6.45, 7) is 1.01. The second kappa shape index (κ2) is 9.04. The van der Waals surface area contributed by atoms with Crippen molar-refractivity contribution in [3.05, 3.63) is 59.1 Å². The van der Waals surface area contributed by atoms with Gasteiger partial charge in [0, 0.05) is 10.6 Å². The van der Waals surface area contributed by atoms with Crippen LogP contribution < -0.4 is 15.4 Å². The van der Waals surface area contributed by atoms with Gasteiger partial charge in [-0.25, -0.2) is 4.79 Å². The molecule has 2 rings (SSSR count). The summed E-state index contributed by atoms with van der Waals surface area (Å²) in [6, 6.07) is 10.9. The lowest BCUT2D eigenvalue weighted by Crippen LogP contribution is -2.69. The van der Waals surface area contributed by atoms with Gasteiger partial charge in [-0.15, -0.1) is 0 Å². The zero-order chi connectivity index (χ0) is 21.7. The Hall–Kier alpha value is -2.94. The summed E-state index contributed by atoms with van der Waals surface area (Å²) in [6.07, 6.45) is -5.27. The average molecular weight is 431 g/mol. The van der Waals surface area contributed by atoms with Crippen LogP contribution in [0.25, 0.3) is 0 Å². The fourth-order valence-corrected chi connectivity index (χ4v) is 2.64. The Morgan fingerprint density at radius 2 is 1.79 bits per heavy atom. The third kappa shape index (κ3) is 4.92.